The summed E-state index contributed by atoms with van der Waals surface area (Å²) in [5, 5.41) is 2.52. The normalized spacial score (nSPS) is 15.5. The highest BCUT2D eigenvalue weighted by molar-refractivity contribution is 5.85. The minimum Gasteiger partial charge on any atom is -0.467 e. The maximum absolute atomic E-state index is 11.4. The first kappa shape index (κ1) is 16.6. The van der Waals surface area contributed by atoms with E-state index in [4.69, 9.17) is 5.73 Å². The lowest BCUT2D eigenvalue weighted by atomic mass is 10.0. The number of methoxy groups -OCH3 is 1. The molecule has 2 unspecified atom stereocenters. The Morgan fingerprint density at radius 2 is 1.73 bits per heavy atom. The molecule has 1 amide bonds. The van der Waals surface area contributed by atoms with Crippen molar-refractivity contribution in [1.82, 2.24) is 5.32 Å². The summed E-state index contributed by atoms with van der Waals surface area (Å²) in [5.74, 6) is -1.02. The Balaban J connectivity index is 0. The van der Waals surface area contributed by atoms with E-state index in [2.05, 4.69) is 10.1 Å². The lowest BCUT2D eigenvalue weighted by Crippen LogP contribution is -2.45. The van der Waals surface area contributed by atoms with Crippen LogP contribution in [-0.4, -0.2) is 31.1 Å². The van der Waals surface area contributed by atoms with Crippen LogP contribution in [0.25, 0.3) is 0 Å². The van der Waals surface area contributed by atoms with Crippen LogP contribution in [0.4, 0.5) is 0 Å². The van der Waals surface area contributed by atoms with Crippen LogP contribution in [0.2, 0.25) is 0 Å². The van der Waals surface area contributed by atoms with Gasteiger partial charge in [0.1, 0.15) is 6.04 Å². The fourth-order valence-electron chi connectivity index (χ4n) is 0.819. The van der Waals surface area contributed by atoms with E-state index < -0.39 is 12.0 Å². The zero-order valence-corrected chi connectivity index (χ0v) is 10.3. The molecule has 0 aromatic rings. The fraction of sp³-hybridized carbons (Fsp3) is 0.778. The third-order valence-corrected chi connectivity index (χ3v) is 2.12. The first-order valence-electron chi connectivity index (χ1n) is 4.54. The van der Waals surface area contributed by atoms with Gasteiger partial charge < -0.3 is 15.8 Å². The van der Waals surface area contributed by atoms with Gasteiger partial charge in [-0.05, 0) is 13.8 Å². The summed E-state index contributed by atoms with van der Waals surface area (Å²) in [5.41, 5.74) is 5.54. The average Bonchev–Trinajstić information content (AvgIpc) is 2.14. The summed E-state index contributed by atoms with van der Waals surface area (Å²) < 4.78 is 4.47. The standard InChI is InChI=1S/C9H18N2O3.ClH/c1-5(6(2)10)8(12)11-7(3)9(13)14-4;/h5-7H,10H2,1-4H3,(H,11,12);1H/t5?,6?,7-;/m1./s1. The van der Waals surface area contributed by atoms with Gasteiger partial charge in [0.15, 0.2) is 0 Å². The second-order valence-electron chi connectivity index (χ2n) is 3.40. The Bertz CT molecular complexity index is 221. The number of hydrogen-bond donors (Lipinski definition) is 2. The van der Waals surface area contributed by atoms with E-state index in [1.54, 1.807) is 20.8 Å². The molecule has 0 bridgehead atoms. The van der Waals surface area contributed by atoms with Gasteiger partial charge in [0.2, 0.25) is 5.91 Å². The van der Waals surface area contributed by atoms with Gasteiger partial charge in [-0.2, -0.15) is 0 Å². The summed E-state index contributed by atoms with van der Waals surface area (Å²) >= 11 is 0. The average molecular weight is 239 g/mol. The number of ether oxygens (including phenoxy) is 1. The Morgan fingerprint density at radius 1 is 1.27 bits per heavy atom. The van der Waals surface area contributed by atoms with E-state index in [1.807, 2.05) is 0 Å². The van der Waals surface area contributed by atoms with Crippen LogP contribution in [0.3, 0.4) is 0 Å². The Kier molecular flexibility index (Phi) is 8.28. The zero-order valence-electron chi connectivity index (χ0n) is 9.44. The van der Waals surface area contributed by atoms with Crippen LogP contribution in [-0.2, 0) is 14.3 Å². The Morgan fingerprint density at radius 3 is 2.07 bits per heavy atom. The van der Waals surface area contributed by atoms with Crippen molar-refractivity contribution in [2.24, 2.45) is 11.7 Å². The summed E-state index contributed by atoms with van der Waals surface area (Å²) in [6.07, 6.45) is 0. The number of carbonyl (C=O) groups excluding carboxylic acids is 2. The van der Waals surface area contributed by atoms with Crippen molar-refractivity contribution in [3.05, 3.63) is 0 Å². The van der Waals surface area contributed by atoms with Gasteiger partial charge in [-0.15, -0.1) is 12.4 Å². The fourth-order valence-corrected chi connectivity index (χ4v) is 0.819. The van der Waals surface area contributed by atoms with Crippen LogP contribution in [0, 0.1) is 5.92 Å². The number of amides is 1. The number of nitrogens with two attached hydrogens (primary N) is 1. The molecule has 0 aromatic carbocycles. The predicted octanol–water partition coefficient (Wildman–Crippen LogP) is 0.0692. The van der Waals surface area contributed by atoms with Crippen LogP contribution in [0.1, 0.15) is 20.8 Å². The highest BCUT2D eigenvalue weighted by Gasteiger charge is 2.21. The van der Waals surface area contributed by atoms with Gasteiger partial charge in [-0.25, -0.2) is 4.79 Å². The minimum atomic E-state index is -0.631. The molecule has 90 valence electrons. The number of esters is 1. The number of carbonyl (C=O) groups is 2. The van der Waals surface area contributed by atoms with Gasteiger partial charge in [0.25, 0.3) is 0 Å². The zero-order chi connectivity index (χ0) is 11.3. The van der Waals surface area contributed by atoms with Gasteiger partial charge in [-0.3, -0.25) is 4.79 Å². The molecular formula is C9H19ClN2O3. The summed E-state index contributed by atoms with van der Waals surface area (Å²) in [7, 11) is 1.28. The Labute approximate surface area is 96.1 Å². The van der Waals surface area contributed by atoms with Crippen molar-refractivity contribution in [2.75, 3.05) is 7.11 Å². The van der Waals surface area contributed by atoms with E-state index in [1.165, 1.54) is 7.11 Å². The van der Waals surface area contributed by atoms with Crippen LogP contribution in [0.5, 0.6) is 0 Å². The van der Waals surface area contributed by atoms with E-state index in [9.17, 15) is 9.59 Å². The lowest BCUT2D eigenvalue weighted by molar-refractivity contribution is -0.145. The molecule has 0 heterocycles. The monoisotopic (exact) mass is 238 g/mol. The first-order valence-corrected chi connectivity index (χ1v) is 4.54. The molecule has 15 heavy (non-hydrogen) atoms. The number of rotatable bonds is 4. The number of nitrogens with one attached hydrogen (secondary N) is 1. The largest absolute Gasteiger partial charge is 0.467 e. The Hall–Kier alpha value is -0.810. The second kappa shape index (κ2) is 7.48. The molecule has 6 heteroatoms. The number of hydrogen-bond acceptors (Lipinski definition) is 4. The van der Waals surface area contributed by atoms with Crippen molar-refractivity contribution in [2.45, 2.75) is 32.9 Å². The molecule has 0 fully saturated rings. The SMILES string of the molecule is COC(=O)[C@@H](C)NC(=O)C(C)C(C)N.Cl. The summed E-state index contributed by atoms with van der Waals surface area (Å²) in [4.78, 5) is 22.4. The van der Waals surface area contributed by atoms with Gasteiger partial charge in [-0.1, -0.05) is 6.92 Å². The quantitative estimate of drug-likeness (QED) is 0.679. The van der Waals surface area contributed by atoms with Gasteiger partial charge >= 0.3 is 5.97 Å². The molecule has 0 aliphatic carbocycles. The van der Waals surface area contributed by atoms with Crippen LogP contribution in [0.15, 0.2) is 0 Å². The third kappa shape index (κ3) is 5.59. The highest BCUT2D eigenvalue weighted by Crippen LogP contribution is 2.00. The molecule has 5 nitrogen and oxygen atoms in total. The van der Waals surface area contributed by atoms with Gasteiger partial charge in [0.05, 0.1) is 7.11 Å². The van der Waals surface area contributed by atoms with Crippen LogP contribution < -0.4 is 11.1 Å². The molecule has 3 N–H and O–H groups in total. The van der Waals surface area contributed by atoms with Crippen molar-refractivity contribution in [1.29, 1.82) is 0 Å². The molecule has 0 saturated carbocycles. The molecule has 0 rings (SSSR count). The molecule has 0 aliphatic heterocycles. The highest BCUT2D eigenvalue weighted by atomic mass is 35.5. The van der Waals surface area contributed by atoms with Crippen molar-refractivity contribution in [3.63, 3.8) is 0 Å². The first-order chi connectivity index (χ1) is 6.40. The minimum absolute atomic E-state index is 0. The van der Waals surface area contributed by atoms with Crippen molar-refractivity contribution >= 4 is 24.3 Å². The second-order valence-corrected chi connectivity index (χ2v) is 3.40. The maximum Gasteiger partial charge on any atom is 0.328 e. The van der Waals surface area contributed by atoms with Gasteiger partial charge in [0, 0.05) is 12.0 Å². The van der Waals surface area contributed by atoms with E-state index >= 15 is 0 Å². The molecule has 0 spiro atoms. The van der Waals surface area contributed by atoms with Crippen molar-refractivity contribution in [3.8, 4) is 0 Å². The van der Waals surface area contributed by atoms with Crippen LogP contribution >= 0.6 is 12.4 Å². The summed E-state index contributed by atoms with van der Waals surface area (Å²) in [6.45, 7) is 5.02. The predicted molar refractivity (Wildman–Crippen MR) is 59.7 cm³/mol. The van der Waals surface area contributed by atoms with E-state index in [0.29, 0.717) is 0 Å². The molecule has 0 radical (unpaired) electrons. The van der Waals surface area contributed by atoms with E-state index in [0.717, 1.165) is 0 Å². The third-order valence-electron chi connectivity index (χ3n) is 2.12. The van der Waals surface area contributed by atoms with E-state index in [-0.39, 0.29) is 30.3 Å². The molecule has 0 aliphatic rings. The smallest absolute Gasteiger partial charge is 0.328 e. The topological polar surface area (TPSA) is 81.4 Å². The molecule has 0 aromatic heterocycles. The lowest BCUT2D eigenvalue weighted by Gasteiger charge is -2.18. The molecule has 3 atom stereocenters. The van der Waals surface area contributed by atoms with Crippen molar-refractivity contribution < 1.29 is 14.3 Å². The maximum atomic E-state index is 11.4. The molecule has 0 saturated heterocycles. The number of halogens is 1. The summed E-state index contributed by atoms with van der Waals surface area (Å²) in [6, 6.07) is -0.867. The molecular weight excluding hydrogens is 220 g/mol.